The SMILES string of the molecule is O=C1NC(Cc2ccccc2)C(=O)N1CN1CCCC(c2nc3ccccc3s2)C1. The second-order valence-corrected chi connectivity index (χ2v) is 9.10. The van der Waals surface area contributed by atoms with E-state index in [1.807, 2.05) is 42.5 Å². The number of likely N-dealkylation sites (tertiary alicyclic amines) is 1. The van der Waals surface area contributed by atoms with Crippen LogP contribution in [-0.2, 0) is 11.2 Å². The number of hydrogen-bond donors (Lipinski definition) is 1. The predicted octanol–water partition coefficient (Wildman–Crippen LogP) is 3.60. The number of hydrogen-bond acceptors (Lipinski definition) is 5. The lowest BCUT2D eigenvalue weighted by Gasteiger charge is -2.33. The van der Waals surface area contributed by atoms with Gasteiger partial charge in [-0.05, 0) is 37.1 Å². The Balaban J connectivity index is 1.24. The molecule has 0 bridgehead atoms. The van der Waals surface area contributed by atoms with Crippen LogP contribution in [0.2, 0.25) is 0 Å². The summed E-state index contributed by atoms with van der Waals surface area (Å²) in [7, 11) is 0. The van der Waals surface area contributed by atoms with Gasteiger partial charge in [-0.25, -0.2) is 14.7 Å². The first kappa shape index (κ1) is 19.2. The first-order valence-corrected chi connectivity index (χ1v) is 11.2. The molecule has 2 aliphatic heterocycles. The third kappa shape index (κ3) is 3.82. The molecule has 3 amide bonds. The summed E-state index contributed by atoms with van der Waals surface area (Å²) in [6.45, 7) is 2.05. The molecular formula is C23H24N4O2S. The van der Waals surface area contributed by atoms with Crippen molar-refractivity contribution < 1.29 is 9.59 Å². The first-order valence-electron chi connectivity index (χ1n) is 10.4. The molecular weight excluding hydrogens is 396 g/mol. The highest BCUT2D eigenvalue weighted by Crippen LogP contribution is 2.33. The van der Waals surface area contributed by atoms with E-state index in [-0.39, 0.29) is 11.9 Å². The summed E-state index contributed by atoms with van der Waals surface area (Å²) in [5.41, 5.74) is 2.10. The fraction of sp³-hybridized carbons (Fsp3) is 0.348. The van der Waals surface area contributed by atoms with Gasteiger partial charge in [-0.3, -0.25) is 9.69 Å². The summed E-state index contributed by atoms with van der Waals surface area (Å²) in [6, 6.07) is 17.3. The molecule has 5 rings (SSSR count). The number of para-hydroxylation sites is 1. The molecule has 7 heteroatoms. The predicted molar refractivity (Wildman–Crippen MR) is 117 cm³/mol. The molecule has 2 atom stereocenters. The number of amides is 3. The van der Waals surface area contributed by atoms with Crippen LogP contribution in [0.4, 0.5) is 4.79 Å². The Morgan fingerprint density at radius 1 is 1.07 bits per heavy atom. The number of thiazole rings is 1. The lowest BCUT2D eigenvalue weighted by molar-refractivity contribution is -0.129. The van der Waals surface area contributed by atoms with Crippen LogP contribution in [0.3, 0.4) is 0 Å². The van der Waals surface area contributed by atoms with E-state index in [0.717, 1.165) is 42.0 Å². The zero-order valence-electron chi connectivity index (χ0n) is 16.7. The van der Waals surface area contributed by atoms with Crippen molar-refractivity contribution in [3.05, 3.63) is 65.2 Å². The average molecular weight is 421 g/mol. The zero-order valence-corrected chi connectivity index (χ0v) is 17.5. The van der Waals surface area contributed by atoms with Gasteiger partial charge in [0.1, 0.15) is 6.04 Å². The number of carbonyl (C=O) groups is 2. The van der Waals surface area contributed by atoms with Crippen LogP contribution in [-0.4, -0.2) is 52.5 Å². The summed E-state index contributed by atoms with van der Waals surface area (Å²) in [4.78, 5) is 33.8. The molecule has 2 unspecified atom stereocenters. The molecule has 0 saturated carbocycles. The highest BCUT2D eigenvalue weighted by atomic mass is 32.1. The Morgan fingerprint density at radius 2 is 1.87 bits per heavy atom. The van der Waals surface area contributed by atoms with E-state index in [2.05, 4.69) is 22.3 Å². The normalized spacial score (nSPS) is 22.6. The Kier molecular flexibility index (Phi) is 5.23. The minimum absolute atomic E-state index is 0.133. The summed E-state index contributed by atoms with van der Waals surface area (Å²) in [5, 5.41) is 4.01. The van der Waals surface area contributed by atoms with Gasteiger partial charge in [0.05, 0.1) is 21.9 Å². The van der Waals surface area contributed by atoms with Crippen molar-refractivity contribution in [3.63, 3.8) is 0 Å². The largest absolute Gasteiger partial charge is 0.325 e. The van der Waals surface area contributed by atoms with Gasteiger partial charge in [0, 0.05) is 18.9 Å². The van der Waals surface area contributed by atoms with Crippen LogP contribution < -0.4 is 5.32 Å². The van der Waals surface area contributed by atoms with Crippen LogP contribution in [0.25, 0.3) is 10.2 Å². The van der Waals surface area contributed by atoms with Crippen LogP contribution >= 0.6 is 11.3 Å². The molecule has 2 aliphatic rings. The van der Waals surface area contributed by atoms with Crippen LogP contribution in [0.1, 0.15) is 29.3 Å². The maximum absolute atomic E-state index is 12.9. The molecule has 1 N–H and O–H groups in total. The van der Waals surface area contributed by atoms with Gasteiger partial charge in [-0.1, -0.05) is 42.5 Å². The Hall–Kier alpha value is -2.77. The van der Waals surface area contributed by atoms with E-state index in [4.69, 9.17) is 4.98 Å². The van der Waals surface area contributed by atoms with E-state index in [1.165, 1.54) is 9.60 Å². The molecule has 0 radical (unpaired) electrons. The zero-order chi connectivity index (χ0) is 20.5. The van der Waals surface area contributed by atoms with E-state index in [1.54, 1.807) is 11.3 Å². The number of nitrogens with one attached hydrogen (secondary N) is 1. The molecule has 3 heterocycles. The van der Waals surface area contributed by atoms with Crippen molar-refractivity contribution in [2.45, 2.75) is 31.2 Å². The van der Waals surface area contributed by atoms with Crippen LogP contribution in [0.5, 0.6) is 0 Å². The standard InChI is InChI=1S/C23H24N4O2S/c28-22-19(13-16-7-2-1-3-8-16)25-23(29)27(22)15-26-12-6-9-17(14-26)21-24-18-10-4-5-11-20(18)30-21/h1-5,7-8,10-11,17,19H,6,9,12-15H2,(H,25,29). The van der Waals surface area contributed by atoms with Crippen molar-refractivity contribution in [1.82, 2.24) is 20.1 Å². The number of aromatic nitrogens is 1. The summed E-state index contributed by atoms with van der Waals surface area (Å²) >= 11 is 1.75. The average Bonchev–Trinajstić information content (AvgIpc) is 3.32. The van der Waals surface area contributed by atoms with Gasteiger partial charge in [0.15, 0.2) is 0 Å². The van der Waals surface area contributed by atoms with Crippen molar-refractivity contribution in [2.75, 3.05) is 19.8 Å². The molecule has 154 valence electrons. The van der Waals surface area contributed by atoms with Crippen molar-refractivity contribution in [3.8, 4) is 0 Å². The topological polar surface area (TPSA) is 65.5 Å². The smallest absolute Gasteiger partial charge is 0.325 e. The van der Waals surface area contributed by atoms with E-state index in [9.17, 15) is 9.59 Å². The number of piperidine rings is 1. The minimum Gasteiger partial charge on any atom is -0.325 e. The summed E-state index contributed by atoms with van der Waals surface area (Å²) in [6.07, 6.45) is 2.65. The van der Waals surface area contributed by atoms with E-state index < -0.39 is 6.04 Å². The van der Waals surface area contributed by atoms with Crippen LogP contribution in [0.15, 0.2) is 54.6 Å². The van der Waals surface area contributed by atoms with Gasteiger partial charge in [0.25, 0.3) is 5.91 Å². The van der Waals surface area contributed by atoms with Gasteiger partial charge >= 0.3 is 6.03 Å². The number of rotatable bonds is 5. The molecule has 30 heavy (non-hydrogen) atoms. The van der Waals surface area contributed by atoms with Gasteiger partial charge < -0.3 is 5.32 Å². The van der Waals surface area contributed by atoms with Crippen molar-refractivity contribution in [1.29, 1.82) is 0 Å². The maximum Gasteiger partial charge on any atom is 0.325 e. The number of imide groups is 1. The Morgan fingerprint density at radius 3 is 2.70 bits per heavy atom. The lowest BCUT2D eigenvalue weighted by atomic mass is 9.99. The number of nitrogens with zero attached hydrogens (tertiary/aromatic N) is 3. The first-order chi connectivity index (χ1) is 14.7. The fourth-order valence-electron chi connectivity index (χ4n) is 4.35. The third-order valence-corrected chi connectivity index (χ3v) is 7.10. The van der Waals surface area contributed by atoms with Gasteiger partial charge in [-0.2, -0.15) is 0 Å². The molecule has 2 saturated heterocycles. The van der Waals surface area contributed by atoms with Gasteiger partial charge in [0.2, 0.25) is 0 Å². The molecule has 2 fully saturated rings. The number of fused-ring (bicyclic) bond motifs is 1. The second-order valence-electron chi connectivity index (χ2n) is 8.04. The molecule has 1 aromatic heterocycles. The number of carbonyl (C=O) groups excluding carboxylic acids is 2. The fourth-order valence-corrected chi connectivity index (χ4v) is 5.44. The van der Waals surface area contributed by atoms with E-state index >= 15 is 0 Å². The lowest BCUT2D eigenvalue weighted by Crippen LogP contribution is -2.45. The van der Waals surface area contributed by atoms with Gasteiger partial charge in [-0.15, -0.1) is 11.3 Å². The molecule has 0 aliphatic carbocycles. The summed E-state index contributed by atoms with van der Waals surface area (Å²) < 4.78 is 1.21. The highest BCUT2D eigenvalue weighted by Gasteiger charge is 2.39. The molecule has 0 spiro atoms. The number of benzene rings is 2. The Labute approximate surface area is 179 Å². The quantitative estimate of drug-likeness (QED) is 0.641. The number of urea groups is 1. The maximum atomic E-state index is 12.9. The summed E-state index contributed by atoms with van der Waals surface area (Å²) in [5.74, 6) is 0.211. The van der Waals surface area contributed by atoms with E-state index in [0.29, 0.717) is 19.0 Å². The monoisotopic (exact) mass is 420 g/mol. The van der Waals surface area contributed by atoms with Crippen molar-refractivity contribution >= 4 is 33.5 Å². The van der Waals surface area contributed by atoms with Crippen molar-refractivity contribution in [2.24, 2.45) is 0 Å². The van der Waals surface area contributed by atoms with Crippen LogP contribution in [0, 0.1) is 0 Å². The second kappa shape index (κ2) is 8.16. The molecule has 3 aromatic rings. The Bertz CT molecular complexity index is 1030. The highest BCUT2D eigenvalue weighted by molar-refractivity contribution is 7.18. The third-order valence-electron chi connectivity index (χ3n) is 5.90. The molecule has 6 nitrogen and oxygen atoms in total. The minimum atomic E-state index is -0.482. The molecule has 2 aromatic carbocycles.